The summed E-state index contributed by atoms with van der Waals surface area (Å²) in [6, 6.07) is 9.31. The number of ether oxygens (including phenoxy) is 1. The Bertz CT molecular complexity index is 840. The second-order valence-electron chi connectivity index (χ2n) is 6.11. The van der Waals surface area contributed by atoms with E-state index in [1.54, 1.807) is 12.1 Å². The molecule has 2 N–H and O–H groups in total. The van der Waals surface area contributed by atoms with Gasteiger partial charge >= 0.3 is 5.97 Å². The van der Waals surface area contributed by atoms with E-state index >= 15 is 0 Å². The van der Waals surface area contributed by atoms with Crippen molar-refractivity contribution in [3.05, 3.63) is 70.8 Å². The first-order chi connectivity index (χ1) is 12.4. The molecule has 1 fully saturated rings. The van der Waals surface area contributed by atoms with E-state index in [2.05, 4.69) is 5.32 Å². The monoisotopic (exact) mass is 361 g/mol. The SMILES string of the molecule is O=C(Cc1cccc(C(=O)O)c1)NC1CCOC1c1ccc(F)c(F)c1. The van der Waals surface area contributed by atoms with Gasteiger partial charge in [0, 0.05) is 6.61 Å². The summed E-state index contributed by atoms with van der Waals surface area (Å²) in [7, 11) is 0. The molecule has 2 aromatic rings. The number of carboxylic acids is 1. The van der Waals surface area contributed by atoms with Crippen LogP contribution < -0.4 is 5.32 Å². The second kappa shape index (κ2) is 7.61. The number of halogens is 2. The fourth-order valence-electron chi connectivity index (χ4n) is 3.01. The lowest BCUT2D eigenvalue weighted by atomic mass is 10.0. The Kier molecular flexibility index (Phi) is 5.27. The first-order valence-corrected chi connectivity index (χ1v) is 8.12. The lowest BCUT2D eigenvalue weighted by molar-refractivity contribution is -0.121. The maximum atomic E-state index is 13.4. The number of carbonyl (C=O) groups excluding carboxylic acids is 1. The van der Waals surface area contributed by atoms with Gasteiger partial charge < -0.3 is 15.2 Å². The molecule has 0 spiro atoms. The average Bonchev–Trinajstić information content (AvgIpc) is 3.05. The van der Waals surface area contributed by atoms with Gasteiger partial charge in [0.1, 0.15) is 6.10 Å². The molecule has 0 aromatic heterocycles. The zero-order valence-corrected chi connectivity index (χ0v) is 13.7. The smallest absolute Gasteiger partial charge is 0.335 e. The molecule has 0 saturated carbocycles. The topological polar surface area (TPSA) is 75.6 Å². The van der Waals surface area contributed by atoms with E-state index in [1.807, 2.05) is 0 Å². The molecule has 2 aromatic carbocycles. The van der Waals surface area contributed by atoms with Gasteiger partial charge in [-0.05, 0) is 41.8 Å². The molecule has 26 heavy (non-hydrogen) atoms. The highest BCUT2D eigenvalue weighted by Gasteiger charge is 2.31. The summed E-state index contributed by atoms with van der Waals surface area (Å²) in [6.45, 7) is 0.392. The van der Waals surface area contributed by atoms with Gasteiger partial charge in [-0.15, -0.1) is 0 Å². The van der Waals surface area contributed by atoms with Crippen LogP contribution in [0.25, 0.3) is 0 Å². The zero-order chi connectivity index (χ0) is 18.7. The quantitative estimate of drug-likeness (QED) is 0.859. The molecule has 2 atom stereocenters. The normalized spacial score (nSPS) is 19.3. The standard InChI is InChI=1S/C19H17F2NO4/c20-14-5-4-12(10-15(14)21)18-16(6-7-26-18)22-17(23)9-11-2-1-3-13(8-11)19(24)25/h1-5,8,10,16,18H,6-7,9H2,(H,22,23)(H,24,25). The number of amides is 1. The number of nitrogens with one attached hydrogen (secondary N) is 1. The molecule has 0 radical (unpaired) electrons. The maximum absolute atomic E-state index is 13.4. The molecular formula is C19H17F2NO4. The first-order valence-electron chi connectivity index (χ1n) is 8.12. The highest BCUT2D eigenvalue weighted by atomic mass is 19.2. The molecule has 3 rings (SSSR count). The van der Waals surface area contributed by atoms with Crippen molar-refractivity contribution < 1.29 is 28.2 Å². The number of hydrogen-bond acceptors (Lipinski definition) is 3. The van der Waals surface area contributed by atoms with Crippen molar-refractivity contribution >= 4 is 11.9 Å². The summed E-state index contributed by atoms with van der Waals surface area (Å²) in [6.07, 6.45) is 0.00608. The van der Waals surface area contributed by atoms with Crippen molar-refractivity contribution in [1.82, 2.24) is 5.32 Å². The van der Waals surface area contributed by atoms with Crippen molar-refractivity contribution in [2.75, 3.05) is 6.61 Å². The largest absolute Gasteiger partial charge is 0.478 e. The number of carboxylic acid groups (broad SMARTS) is 1. The minimum Gasteiger partial charge on any atom is -0.478 e. The summed E-state index contributed by atoms with van der Waals surface area (Å²) in [5, 5.41) is 11.8. The predicted octanol–water partition coefficient (Wildman–Crippen LogP) is 2.85. The number of hydrogen-bond donors (Lipinski definition) is 2. The summed E-state index contributed by atoms with van der Waals surface area (Å²) in [5.74, 6) is -3.26. The van der Waals surface area contributed by atoms with E-state index in [9.17, 15) is 18.4 Å². The third kappa shape index (κ3) is 4.05. The third-order valence-electron chi connectivity index (χ3n) is 4.25. The highest BCUT2D eigenvalue weighted by Crippen LogP contribution is 2.30. The Hall–Kier alpha value is -2.80. The average molecular weight is 361 g/mol. The number of aromatic carboxylic acids is 1. The van der Waals surface area contributed by atoms with Crippen LogP contribution in [0, 0.1) is 11.6 Å². The molecular weight excluding hydrogens is 344 g/mol. The van der Waals surface area contributed by atoms with E-state index in [0.717, 1.165) is 12.1 Å². The molecule has 1 saturated heterocycles. The number of rotatable bonds is 5. The summed E-state index contributed by atoms with van der Waals surface area (Å²) in [4.78, 5) is 23.3. The van der Waals surface area contributed by atoms with Crippen molar-refractivity contribution in [3.63, 3.8) is 0 Å². The van der Waals surface area contributed by atoms with Crippen LogP contribution in [-0.2, 0) is 16.0 Å². The molecule has 7 heteroatoms. The molecule has 0 aliphatic carbocycles. The fourth-order valence-corrected chi connectivity index (χ4v) is 3.01. The molecule has 0 bridgehead atoms. The van der Waals surface area contributed by atoms with E-state index in [4.69, 9.17) is 9.84 Å². The van der Waals surface area contributed by atoms with Crippen LogP contribution in [-0.4, -0.2) is 29.6 Å². The van der Waals surface area contributed by atoms with Crippen LogP contribution in [0.5, 0.6) is 0 Å². The minimum absolute atomic E-state index is 0.0160. The molecule has 136 valence electrons. The van der Waals surface area contributed by atoms with Gasteiger partial charge in [0.15, 0.2) is 11.6 Å². The maximum Gasteiger partial charge on any atom is 0.335 e. The Labute approximate surface area is 148 Å². The Balaban J connectivity index is 1.67. The first kappa shape index (κ1) is 18.0. The molecule has 1 aliphatic heterocycles. The van der Waals surface area contributed by atoms with Crippen molar-refractivity contribution in [2.24, 2.45) is 0 Å². The summed E-state index contributed by atoms with van der Waals surface area (Å²) >= 11 is 0. The van der Waals surface area contributed by atoms with Crippen molar-refractivity contribution in [3.8, 4) is 0 Å². The van der Waals surface area contributed by atoms with E-state index < -0.39 is 23.7 Å². The van der Waals surface area contributed by atoms with E-state index in [-0.39, 0.29) is 23.9 Å². The van der Waals surface area contributed by atoms with Crippen LogP contribution in [0.4, 0.5) is 8.78 Å². The molecule has 5 nitrogen and oxygen atoms in total. The molecule has 1 heterocycles. The molecule has 1 aliphatic rings. The summed E-state index contributed by atoms with van der Waals surface area (Å²) < 4.78 is 32.1. The fraction of sp³-hybridized carbons (Fsp3) is 0.263. The van der Waals surface area contributed by atoms with Gasteiger partial charge in [-0.2, -0.15) is 0 Å². The Morgan fingerprint density at radius 2 is 1.96 bits per heavy atom. The van der Waals surface area contributed by atoms with Gasteiger partial charge in [-0.3, -0.25) is 4.79 Å². The highest BCUT2D eigenvalue weighted by molar-refractivity contribution is 5.88. The van der Waals surface area contributed by atoms with Crippen LogP contribution in [0.15, 0.2) is 42.5 Å². The lowest BCUT2D eigenvalue weighted by Gasteiger charge is -2.20. The second-order valence-corrected chi connectivity index (χ2v) is 6.11. The lowest BCUT2D eigenvalue weighted by Crippen LogP contribution is -2.37. The molecule has 1 amide bonds. The Morgan fingerprint density at radius 3 is 2.69 bits per heavy atom. The zero-order valence-electron chi connectivity index (χ0n) is 13.7. The molecule has 2 unspecified atom stereocenters. The number of benzene rings is 2. The van der Waals surface area contributed by atoms with Gasteiger partial charge in [-0.25, -0.2) is 13.6 Å². The third-order valence-corrected chi connectivity index (χ3v) is 4.25. The van der Waals surface area contributed by atoms with Crippen LogP contribution in [0.2, 0.25) is 0 Å². The summed E-state index contributed by atoms with van der Waals surface area (Å²) in [5.41, 5.74) is 1.14. The van der Waals surface area contributed by atoms with Gasteiger partial charge in [0.05, 0.1) is 18.0 Å². The van der Waals surface area contributed by atoms with Gasteiger partial charge in [-0.1, -0.05) is 18.2 Å². The van der Waals surface area contributed by atoms with Crippen molar-refractivity contribution in [1.29, 1.82) is 0 Å². The predicted molar refractivity (Wildman–Crippen MR) is 88.7 cm³/mol. The van der Waals surface area contributed by atoms with Crippen LogP contribution in [0.3, 0.4) is 0 Å². The van der Waals surface area contributed by atoms with E-state index in [1.165, 1.54) is 18.2 Å². The van der Waals surface area contributed by atoms with Gasteiger partial charge in [0.2, 0.25) is 5.91 Å². The van der Waals surface area contributed by atoms with Crippen LogP contribution in [0.1, 0.15) is 34.0 Å². The van der Waals surface area contributed by atoms with E-state index in [0.29, 0.717) is 24.2 Å². The van der Waals surface area contributed by atoms with Crippen molar-refractivity contribution in [2.45, 2.75) is 25.0 Å². The van der Waals surface area contributed by atoms with Gasteiger partial charge in [0.25, 0.3) is 0 Å². The number of carbonyl (C=O) groups is 2. The minimum atomic E-state index is -1.06. The Morgan fingerprint density at radius 1 is 1.15 bits per heavy atom. The van der Waals surface area contributed by atoms with Crippen LogP contribution >= 0.6 is 0 Å².